The van der Waals surface area contributed by atoms with Crippen LogP contribution >= 0.6 is 22.6 Å². The highest BCUT2D eigenvalue weighted by molar-refractivity contribution is 14.1. The zero-order chi connectivity index (χ0) is 10.0. The monoisotopic (exact) mass is 322 g/mol. The van der Waals surface area contributed by atoms with Crippen LogP contribution in [0.5, 0.6) is 0 Å². The molecule has 0 N–H and O–H groups in total. The minimum absolute atomic E-state index is 0.615. The number of rotatable bonds is 1. The van der Waals surface area contributed by atoms with E-state index in [1.807, 2.05) is 18.2 Å². The highest BCUT2D eigenvalue weighted by Gasteiger charge is 2.16. The molecule has 0 aliphatic carbocycles. The Hall–Kier alpha value is -0.170. The van der Waals surface area contributed by atoms with Crippen molar-refractivity contribution < 1.29 is 4.21 Å². The normalized spacial score (nSPS) is 19.5. The summed E-state index contributed by atoms with van der Waals surface area (Å²) >= 11 is 2.13. The van der Waals surface area contributed by atoms with E-state index < -0.39 is 9.73 Å². The van der Waals surface area contributed by atoms with Gasteiger partial charge in [-0.25, -0.2) is 9.19 Å². The fraction of sp³-hybridized carbons (Fsp3) is 0.444. The van der Waals surface area contributed by atoms with E-state index in [1.165, 1.54) is 0 Å². The number of hydrogen-bond acceptors (Lipinski definition) is 3. The van der Waals surface area contributed by atoms with E-state index in [0.29, 0.717) is 5.82 Å². The van der Waals surface area contributed by atoms with Crippen LogP contribution in [0.25, 0.3) is 0 Å². The van der Waals surface area contributed by atoms with Crippen molar-refractivity contribution in [2.45, 2.75) is 12.8 Å². The van der Waals surface area contributed by atoms with Gasteiger partial charge < -0.3 is 0 Å². The quantitative estimate of drug-likeness (QED) is 0.589. The molecule has 0 saturated carbocycles. The van der Waals surface area contributed by atoms with Crippen molar-refractivity contribution >= 4 is 38.1 Å². The van der Waals surface area contributed by atoms with Crippen molar-refractivity contribution in [1.82, 2.24) is 4.98 Å². The lowest BCUT2D eigenvalue weighted by atomic mass is 10.4. The maximum atomic E-state index is 12.1. The molecule has 0 atom stereocenters. The summed E-state index contributed by atoms with van der Waals surface area (Å²) in [7, 11) is -1.96. The average molecular weight is 322 g/mol. The second kappa shape index (κ2) is 4.14. The molecule has 0 radical (unpaired) electrons. The minimum Gasteiger partial charge on any atom is -0.249 e. The number of aromatic nitrogens is 1. The van der Waals surface area contributed by atoms with Crippen LogP contribution in [-0.4, -0.2) is 20.7 Å². The third-order valence-corrected chi connectivity index (χ3v) is 5.11. The summed E-state index contributed by atoms with van der Waals surface area (Å²) in [6.45, 7) is 0. The Morgan fingerprint density at radius 2 is 2.07 bits per heavy atom. The fourth-order valence-electron chi connectivity index (χ4n) is 1.47. The van der Waals surface area contributed by atoms with E-state index in [0.717, 1.165) is 28.0 Å². The molecule has 1 aliphatic rings. The summed E-state index contributed by atoms with van der Waals surface area (Å²) in [6, 6.07) is 5.61. The molecule has 5 heteroatoms. The molecular formula is C9H11IN2OS. The van der Waals surface area contributed by atoms with E-state index in [9.17, 15) is 4.21 Å². The predicted molar refractivity (Wildman–Crippen MR) is 66.2 cm³/mol. The molecule has 1 aromatic heterocycles. The smallest absolute Gasteiger partial charge is 0.162 e. The lowest BCUT2D eigenvalue weighted by Gasteiger charge is -1.99. The van der Waals surface area contributed by atoms with Crippen molar-refractivity contribution in [1.29, 1.82) is 0 Å². The number of hydrogen-bond donors (Lipinski definition) is 0. The van der Waals surface area contributed by atoms with Crippen molar-refractivity contribution in [3.8, 4) is 0 Å². The Bertz CT molecular complexity index is 440. The Kier molecular flexibility index (Phi) is 3.06. The van der Waals surface area contributed by atoms with Crippen LogP contribution in [-0.2, 0) is 9.73 Å². The molecule has 1 aliphatic heterocycles. The Labute approximate surface area is 97.6 Å². The van der Waals surface area contributed by atoms with Gasteiger partial charge in [0.05, 0.1) is 9.73 Å². The first-order valence-electron chi connectivity index (χ1n) is 4.53. The first-order chi connectivity index (χ1) is 6.68. The Morgan fingerprint density at radius 1 is 1.36 bits per heavy atom. The molecule has 14 heavy (non-hydrogen) atoms. The van der Waals surface area contributed by atoms with Crippen molar-refractivity contribution in [3.63, 3.8) is 0 Å². The molecule has 0 unspecified atom stereocenters. The molecule has 0 amide bonds. The van der Waals surface area contributed by atoms with Crippen molar-refractivity contribution in [3.05, 3.63) is 21.9 Å². The maximum absolute atomic E-state index is 12.1. The van der Waals surface area contributed by atoms with Gasteiger partial charge in [0, 0.05) is 11.5 Å². The molecule has 0 aromatic carbocycles. The molecule has 1 saturated heterocycles. The zero-order valence-corrected chi connectivity index (χ0v) is 10.6. The van der Waals surface area contributed by atoms with Crippen LogP contribution in [0.4, 0.5) is 5.82 Å². The van der Waals surface area contributed by atoms with Gasteiger partial charge in [-0.3, -0.25) is 0 Å². The minimum atomic E-state index is -1.96. The van der Waals surface area contributed by atoms with Gasteiger partial charge in [0.15, 0.2) is 5.82 Å². The van der Waals surface area contributed by atoms with Crippen LogP contribution in [0.15, 0.2) is 22.6 Å². The van der Waals surface area contributed by atoms with Crippen molar-refractivity contribution in [2.24, 2.45) is 4.36 Å². The number of nitrogens with zero attached hydrogens (tertiary/aromatic N) is 2. The zero-order valence-electron chi connectivity index (χ0n) is 7.65. The van der Waals surface area contributed by atoms with Crippen LogP contribution in [0.2, 0.25) is 0 Å². The molecule has 1 aromatic rings. The fourth-order valence-corrected chi connectivity index (χ4v) is 4.06. The Balaban J connectivity index is 2.37. The summed E-state index contributed by atoms with van der Waals surface area (Å²) in [5.74, 6) is 2.09. The van der Waals surface area contributed by atoms with Gasteiger partial charge in [-0.05, 0) is 47.6 Å². The van der Waals surface area contributed by atoms with Crippen LogP contribution in [0.3, 0.4) is 0 Å². The van der Waals surface area contributed by atoms with Crippen molar-refractivity contribution in [2.75, 3.05) is 11.5 Å². The highest BCUT2D eigenvalue weighted by atomic mass is 127. The average Bonchev–Trinajstić information content (AvgIpc) is 2.51. The predicted octanol–water partition coefficient (Wildman–Crippen LogP) is 2.58. The van der Waals surface area contributed by atoms with Gasteiger partial charge in [-0.1, -0.05) is 6.07 Å². The first-order valence-corrected chi connectivity index (χ1v) is 7.46. The highest BCUT2D eigenvalue weighted by Crippen LogP contribution is 2.19. The third kappa shape index (κ3) is 2.44. The molecule has 2 rings (SSSR count). The second-order valence-corrected chi connectivity index (χ2v) is 6.95. The molecule has 3 nitrogen and oxygen atoms in total. The van der Waals surface area contributed by atoms with Gasteiger partial charge in [-0.15, -0.1) is 0 Å². The van der Waals surface area contributed by atoms with Gasteiger partial charge in [0.1, 0.15) is 3.70 Å². The summed E-state index contributed by atoms with van der Waals surface area (Å²) in [5, 5.41) is 0. The molecule has 0 spiro atoms. The first kappa shape index (κ1) is 10.4. The maximum Gasteiger partial charge on any atom is 0.162 e. The van der Waals surface area contributed by atoms with E-state index in [2.05, 4.69) is 31.9 Å². The molecule has 1 fully saturated rings. The van der Waals surface area contributed by atoms with E-state index in [-0.39, 0.29) is 0 Å². The van der Waals surface area contributed by atoms with E-state index in [4.69, 9.17) is 0 Å². The summed E-state index contributed by atoms with van der Waals surface area (Å²) in [4.78, 5) is 4.22. The molecule has 0 bridgehead atoms. The number of pyridine rings is 1. The third-order valence-electron chi connectivity index (χ3n) is 2.14. The lowest BCUT2D eigenvalue weighted by Crippen LogP contribution is -1.99. The lowest BCUT2D eigenvalue weighted by molar-refractivity contribution is 0.681. The number of halogens is 1. The molecule has 76 valence electrons. The van der Waals surface area contributed by atoms with Gasteiger partial charge in [-0.2, -0.15) is 4.36 Å². The van der Waals surface area contributed by atoms with Crippen LogP contribution in [0, 0.1) is 3.70 Å². The Morgan fingerprint density at radius 3 is 2.71 bits per heavy atom. The second-order valence-electron chi connectivity index (χ2n) is 3.30. The van der Waals surface area contributed by atoms with E-state index in [1.54, 1.807) is 0 Å². The largest absolute Gasteiger partial charge is 0.249 e. The SMILES string of the molecule is O=S1(=Nc2cccc(I)n2)CCCC1. The molecular weight excluding hydrogens is 311 g/mol. The topological polar surface area (TPSA) is 42.3 Å². The van der Waals surface area contributed by atoms with E-state index >= 15 is 0 Å². The van der Waals surface area contributed by atoms with Gasteiger partial charge in [0.25, 0.3) is 0 Å². The molecule has 2 heterocycles. The summed E-state index contributed by atoms with van der Waals surface area (Å²) in [6.07, 6.45) is 2.07. The van der Waals surface area contributed by atoms with Crippen LogP contribution in [0.1, 0.15) is 12.8 Å². The van der Waals surface area contributed by atoms with Crippen LogP contribution < -0.4 is 0 Å². The van der Waals surface area contributed by atoms with Gasteiger partial charge >= 0.3 is 0 Å². The van der Waals surface area contributed by atoms with Gasteiger partial charge in [0.2, 0.25) is 0 Å². The summed E-state index contributed by atoms with van der Waals surface area (Å²) in [5.41, 5.74) is 0. The summed E-state index contributed by atoms with van der Waals surface area (Å²) < 4.78 is 17.2. The standard InChI is InChI=1S/C9H11IN2OS/c10-8-4-3-5-9(11-8)12-14(13)6-1-2-7-14/h3-5H,1-2,6-7H2.